The predicted molar refractivity (Wildman–Crippen MR) is 28.9 cm³/mol. The number of hydrogen-bond acceptors (Lipinski definition) is 4. The summed E-state index contributed by atoms with van der Waals surface area (Å²) in [5.74, 6) is 0. The Morgan fingerprint density at radius 3 is 2.20 bits per heavy atom. The molecule has 1 heterocycles. The van der Waals surface area contributed by atoms with Crippen LogP contribution in [-0.2, 0) is 4.74 Å². The lowest BCUT2D eigenvalue weighted by Crippen LogP contribution is -2.29. The maximum atomic E-state index is 12.5. The van der Waals surface area contributed by atoms with E-state index in [1.807, 2.05) is 0 Å². The molecule has 10 heavy (non-hydrogen) atoms. The molecule has 4 nitrogen and oxygen atoms in total. The summed E-state index contributed by atoms with van der Waals surface area (Å²) in [5.41, 5.74) is 0. The van der Waals surface area contributed by atoms with Crippen molar-refractivity contribution in [3.63, 3.8) is 0 Å². The predicted octanol–water partition coefficient (Wildman–Crippen LogP) is -1.61. The van der Waals surface area contributed by atoms with Crippen LogP contribution in [0.3, 0.4) is 0 Å². The number of aliphatic hydroxyl groups excluding tert-OH is 3. The van der Waals surface area contributed by atoms with E-state index in [0.717, 1.165) is 0 Å². The second kappa shape index (κ2) is 2.79. The van der Waals surface area contributed by atoms with Crippen molar-refractivity contribution >= 4 is 0 Å². The molecule has 0 radical (unpaired) electrons. The quantitative estimate of drug-likeness (QED) is 0.423. The van der Waals surface area contributed by atoms with Gasteiger partial charge in [0.2, 0.25) is 0 Å². The van der Waals surface area contributed by atoms with Gasteiger partial charge in [-0.1, -0.05) is 0 Å². The van der Waals surface area contributed by atoms with Crippen LogP contribution in [0.25, 0.3) is 0 Å². The summed E-state index contributed by atoms with van der Waals surface area (Å²) < 4.78 is 17.0. The molecule has 0 aromatic rings. The van der Waals surface area contributed by atoms with E-state index in [-0.39, 0.29) is 0 Å². The number of halogens is 1. The van der Waals surface area contributed by atoms with E-state index in [1.165, 1.54) is 0 Å². The van der Waals surface area contributed by atoms with E-state index in [9.17, 15) is 4.39 Å². The Balaban J connectivity index is 2.53. The maximum Gasteiger partial charge on any atom is 0.184 e. The second-order valence-electron chi connectivity index (χ2n) is 2.18. The average Bonchev–Trinajstić information content (AvgIpc) is 2.17. The van der Waals surface area contributed by atoms with E-state index in [4.69, 9.17) is 15.3 Å². The molecule has 1 aliphatic heterocycles. The monoisotopic (exact) mass is 152 g/mol. The highest BCUT2D eigenvalue weighted by Crippen LogP contribution is 2.21. The fourth-order valence-electron chi connectivity index (χ4n) is 0.856. The first kappa shape index (κ1) is 7.87. The van der Waals surface area contributed by atoms with Gasteiger partial charge in [-0.05, 0) is 0 Å². The van der Waals surface area contributed by atoms with E-state index in [0.29, 0.717) is 0 Å². The Hall–Kier alpha value is -0.230. The van der Waals surface area contributed by atoms with Gasteiger partial charge in [0.05, 0.1) is 6.61 Å². The normalized spacial score (nSPS) is 48.0. The van der Waals surface area contributed by atoms with Gasteiger partial charge in [0.25, 0.3) is 0 Å². The molecule has 1 unspecified atom stereocenters. The highest BCUT2D eigenvalue weighted by molar-refractivity contribution is 4.85. The number of aliphatic hydroxyl groups is 3. The zero-order chi connectivity index (χ0) is 7.72. The minimum Gasteiger partial charge on any atom is -0.394 e. The summed E-state index contributed by atoms with van der Waals surface area (Å²) >= 11 is 0. The van der Waals surface area contributed by atoms with Crippen LogP contribution in [-0.4, -0.2) is 46.6 Å². The van der Waals surface area contributed by atoms with Gasteiger partial charge < -0.3 is 20.1 Å². The maximum absolute atomic E-state index is 12.5. The Labute approximate surface area is 56.9 Å². The molecule has 1 aliphatic rings. The molecule has 0 aliphatic carbocycles. The fraction of sp³-hybridized carbons (Fsp3) is 1.00. The fourth-order valence-corrected chi connectivity index (χ4v) is 0.856. The van der Waals surface area contributed by atoms with Gasteiger partial charge in [-0.3, -0.25) is 0 Å². The SMILES string of the molecule is OC[C@H]1O[C@H](O)[C@H](O)C1F. The van der Waals surface area contributed by atoms with Crippen LogP contribution in [0, 0.1) is 0 Å². The molecule has 1 rings (SSSR count). The third-order valence-corrected chi connectivity index (χ3v) is 1.47. The van der Waals surface area contributed by atoms with Gasteiger partial charge in [0.15, 0.2) is 12.5 Å². The van der Waals surface area contributed by atoms with E-state index in [2.05, 4.69) is 4.74 Å². The number of alkyl halides is 1. The summed E-state index contributed by atoms with van der Waals surface area (Å²) in [6.07, 6.45) is -5.82. The summed E-state index contributed by atoms with van der Waals surface area (Å²) in [5, 5.41) is 25.7. The molecule has 0 amide bonds. The van der Waals surface area contributed by atoms with Crippen molar-refractivity contribution in [2.75, 3.05) is 6.61 Å². The Kier molecular flexibility index (Phi) is 2.20. The highest BCUT2D eigenvalue weighted by Gasteiger charge is 2.42. The van der Waals surface area contributed by atoms with Crippen LogP contribution >= 0.6 is 0 Å². The van der Waals surface area contributed by atoms with Crippen LogP contribution in [0.4, 0.5) is 4.39 Å². The summed E-state index contributed by atoms with van der Waals surface area (Å²) in [6.45, 7) is -0.532. The molecule has 0 bridgehead atoms. The summed E-state index contributed by atoms with van der Waals surface area (Å²) in [4.78, 5) is 0. The molecule has 4 atom stereocenters. The van der Waals surface area contributed by atoms with Crippen LogP contribution < -0.4 is 0 Å². The first-order chi connectivity index (χ1) is 4.66. The molecular formula is C5H9FO4. The standard InChI is InChI=1S/C5H9FO4/c6-3-2(1-7)10-5(9)4(3)8/h2-5,7-9H,1H2/t2-,3?,4-,5+/m1/s1. The molecule has 0 saturated carbocycles. The average molecular weight is 152 g/mol. The van der Waals surface area contributed by atoms with E-state index < -0.39 is 31.3 Å². The van der Waals surface area contributed by atoms with Crippen LogP contribution in [0.1, 0.15) is 0 Å². The van der Waals surface area contributed by atoms with Gasteiger partial charge in [-0.15, -0.1) is 0 Å². The number of rotatable bonds is 1. The summed E-state index contributed by atoms with van der Waals surface area (Å²) in [7, 11) is 0. The van der Waals surface area contributed by atoms with Crippen LogP contribution in [0.5, 0.6) is 0 Å². The van der Waals surface area contributed by atoms with Crippen molar-refractivity contribution in [2.24, 2.45) is 0 Å². The first-order valence-corrected chi connectivity index (χ1v) is 2.93. The van der Waals surface area contributed by atoms with E-state index in [1.54, 1.807) is 0 Å². The third kappa shape index (κ3) is 1.13. The number of ether oxygens (including phenoxy) is 1. The molecule has 1 fully saturated rings. The van der Waals surface area contributed by atoms with Gasteiger partial charge in [0.1, 0.15) is 12.2 Å². The molecule has 0 spiro atoms. The Bertz CT molecular complexity index is 120. The lowest BCUT2D eigenvalue weighted by molar-refractivity contribution is -0.132. The van der Waals surface area contributed by atoms with Crippen molar-refractivity contribution in [2.45, 2.75) is 24.7 Å². The molecule has 1 saturated heterocycles. The van der Waals surface area contributed by atoms with Crippen molar-refractivity contribution in [1.29, 1.82) is 0 Å². The molecular weight excluding hydrogens is 143 g/mol. The zero-order valence-corrected chi connectivity index (χ0v) is 5.14. The van der Waals surface area contributed by atoms with Crippen molar-refractivity contribution < 1.29 is 24.4 Å². The van der Waals surface area contributed by atoms with Crippen molar-refractivity contribution in [1.82, 2.24) is 0 Å². The Morgan fingerprint density at radius 2 is 2.00 bits per heavy atom. The lowest BCUT2D eigenvalue weighted by atomic mass is 10.2. The summed E-state index contributed by atoms with van der Waals surface area (Å²) in [6, 6.07) is 0. The van der Waals surface area contributed by atoms with Gasteiger partial charge in [-0.25, -0.2) is 4.39 Å². The molecule has 0 aromatic carbocycles. The topological polar surface area (TPSA) is 69.9 Å². The van der Waals surface area contributed by atoms with Gasteiger partial charge in [0, 0.05) is 0 Å². The second-order valence-corrected chi connectivity index (χ2v) is 2.18. The minimum atomic E-state index is -1.69. The minimum absolute atomic E-state index is 0.532. The van der Waals surface area contributed by atoms with E-state index >= 15 is 0 Å². The molecule has 60 valence electrons. The highest BCUT2D eigenvalue weighted by atomic mass is 19.1. The van der Waals surface area contributed by atoms with Gasteiger partial charge in [-0.2, -0.15) is 0 Å². The Morgan fingerprint density at radius 1 is 1.40 bits per heavy atom. The smallest absolute Gasteiger partial charge is 0.184 e. The number of hydrogen-bond donors (Lipinski definition) is 3. The van der Waals surface area contributed by atoms with Crippen LogP contribution in [0.15, 0.2) is 0 Å². The zero-order valence-electron chi connectivity index (χ0n) is 5.14. The van der Waals surface area contributed by atoms with Crippen molar-refractivity contribution in [3.05, 3.63) is 0 Å². The molecule has 5 heteroatoms. The lowest BCUT2D eigenvalue weighted by Gasteiger charge is -2.06. The van der Waals surface area contributed by atoms with Crippen molar-refractivity contribution in [3.8, 4) is 0 Å². The first-order valence-electron chi connectivity index (χ1n) is 2.93. The molecule has 0 aromatic heterocycles. The van der Waals surface area contributed by atoms with Crippen LogP contribution in [0.2, 0.25) is 0 Å². The van der Waals surface area contributed by atoms with Gasteiger partial charge >= 0.3 is 0 Å². The third-order valence-electron chi connectivity index (χ3n) is 1.47. The largest absolute Gasteiger partial charge is 0.394 e. The molecule has 3 N–H and O–H groups in total.